The van der Waals surface area contributed by atoms with Crippen LogP contribution >= 0.6 is 12.2 Å². The highest BCUT2D eigenvalue weighted by atomic mass is 32.1. The molecule has 0 aromatic heterocycles. The van der Waals surface area contributed by atoms with Crippen LogP contribution in [-0.4, -0.2) is 30.4 Å². The number of rotatable bonds is 4. The maximum Gasteiger partial charge on any atom is 0.407 e. The van der Waals surface area contributed by atoms with E-state index in [1.807, 2.05) is 45.0 Å². The van der Waals surface area contributed by atoms with Gasteiger partial charge in [0.15, 0.2) is 5.11 Å². The van der Waals surface area contributed by atoms with Crippen LogP contribution in [0.1, 0.15) is 26.3 Å². The lowest BCUT2D eigenvalue weighted by Crippen LogP contribution is -2.33. The number of hydrogen-bond donors (Lipinski definition) is 3. The normalized spacial score (nSPS) is 10.7. The molecule has 3 N–H and O–H groups in total. The van der Waals surface area contributed by atoms with Gasteiger partial charge in [0.25, 0.3) is 0 Å². The fourth-order valence-corrected chi connectivity index (χ4v) is 1.69. The molecule has 0 aliphatic heterocycles. The molecule has 21 heavy (non-hydrogen) atoms. The van der Waals surface area contributed by atoms with Crippen molar-refractivity contribution in [1.29, 1.82) is 0 Å². The molecule has 0 aliphatic rings. The second kappa shape index (κ2) is 7.83. The van der Waals surface area contributed by atoms with Crippen LogP contribution in [0.4, 0.5) is 10.5 Å². The Bertz CT molecular complexity index is 481. The summed E-state index contributed by atoms with van der Waals surface area (Å²) in [5.41, 5.74) is 1.59. The third kappa shape index (κ3) is 7.51. The van der Waals surface area contributed by atoms with Crippen molar-refractivity contribution < 1.29 is 9.53 Å². The Balaban J connectivity index is 2.36. The molecule has 0 spiro atoms. The fourth-order valence-electron chi connectivity index (χ4n) is 1.57. The predicted molar refractivity (Wildman–Crippen MR) is 89.7 cm³/mol. The quantitative estimate of drug-likeness (QED) is 0.746. The van der Waals surface area contributed by atoms with Gasteiger partial charge in [0.05, 0.1) is 0 Å². The molecule has 1 aromatic carbocycles. The Morgan fingerprint density at radius 2 is 1.86 bits per heavy atom. The maximum absolute atomic E-state index is 11.5. The first-order chi connectivity index (χ1) is 9.80. The highest BCUT2D eigenvalue weighted by Crippen LogP contribution is 2.10. The first kappa shape index (κ1) is 17.2. The van der Waals surface area contributed by atoms with Crippen molar-refractivity contribution in [2.45, 2.75) is 32.8 Å². The summed E-state index contributed by atoms with van der Waals surface area (Å²) in [5, 5.41) is 9.22. The van der Waals surface area contributed by atoms with E-state index < -0.39 is 5.60 Å². The Labute approximate surface area is 131 Å². The average molecular weight is 309 g/mol. The number of nitrogens with one attached hydrogen (secondary N) is 3. The van der Waals surface area contributed by atoms with Crippen molar-refractivity contribution >= 4 is 29.1 Å². The smallest absolute Gasteiger partial charge is 0.407 e. The van der Waals surface area contributed by atoms with Gasteiger partial charge >= 0.3 is 6.09 Å². The topological polar surface area (TPSA) is 62.4 Å². The van der Waals surface area contributed by atoms with Gasteiger partial charge in [0.1, 0.15) is 5.60 Å². The molecular formula is C15H23N3O2S. The van der Waals surface area contributed by atoms with Crippen LogP contribution in [0.3, 0.4) is 0 Å². The number of carbonyl (C=O) groups excluding carboxylic acids is 1. The van der Waals surface area contributed by atoms with E-state index in [0.29, 0.717) is 11.7 Å². The second-order valence-corrected chi connectivity index (χ2v) is 5.99. The summed E-state index contributed by atoms with van der Waals surface area (Å²) >= 11 is 5.03. The van der Waals surface area contributed by atoms with Crippen molar-refractivity contribution in [1.82, 2.24) is 10.6 Å². The summed E-state index contributed by atoms with van der Waals surface area (Å²) in [4.78, 5) is 11.5. The molecule has 5 nitrogen and oxygen atoms in total. The van der Waals surface area contributed by atoms with Crippen LogP contribution in [0.15, 0.2) is 24.3 Å². The van der Waals surface area contributed by atoms with Crippen LogP contribution in [0.5, 0.6) is 0 Å². The van der Waals surface area contributed by atoms with Crippen LogP contribution in [-0.2, 0) is 11.2 Å². The van der Waals surface area contributed by atoms with Gasteiger partial charge in [-0.25, -0.2) is 4.79 Å². The van der Waals surface area contributed by atoms with Crippen LogP contribution < -0.4 is 16.0 Å². The van der Waals surface area contributed by atoms with E-state index >= 15 is 0 Å². The first-order valence-electron chi connectivity index (χ1n) is 6.84. The van der Waals surface area contributed by atoms with E-state index in [1.54, 1.807) is 7.05 Å². The van der Waals surface area contributed by atoms with Gasteiger partial charge in [-0.05, 0) is 57.1 Å². The third-order valence-corrected chi connectivity index (χ3v) is 2.83. The Morgan fingerprint density at radius 1 is 1.24 bits per heavy atom. The summed E-state index contributed by atoms with van der Waals surface area (Å²) in [6, 6.07) is 7.90. The van der Waals surface area contributed by atoms with Gasteiger partial charge in [0, 0.05) is 19.3 Å². The molecule has 0 saturated heterocycles. The SMILES string of the molecule is CNC(=S)Nc1ccc(CCNC(=O)OC(C)(C)C)cc1. The number of carbonyl (C=O) groups is 1. The van der Waals surface area contributed by atoms with E-state index in [-0.39, 0.29) is 6.09 Å². The second-order valence-electron chi connectivity index (χ2n) is 5.58. The van der Waals surface area contributed by atoms with Crippen molar-refractivity contribution in [3.05, 3.63) is 29.8 Å². The zero-order valence-corrected chi connectivity index (χ0v) is 13.8. The Morgan fingerprint density at radius 3 is 2.38 bits per heavy atom. The molecule has 6 heteroatoms. The molecule has 0 atom stereocenters. The number of ether oxygens (including phenoxy) is 1. The standard InChI is InChI=1S/C15H23N3O2S/c1-15(2,3)20-14(19)17-10-9-11-5-7-12(8-6-11)18-13(21)16-4/h5-8H,9-10H2,1-4H3,(H,17,19)(H2,16,18,21). The van der Waals surface area contributed by atoms with Crippen molar-refractivity contribution in [2.75, 3.05) is 18.9 Å². The summed E-state index contributed by atoms with van der Waals surface area (Å²) in [7, 11) is 1.77. The number of hydrogen-bond acceptors (Lipinski definition) is 3. The molecule has 1 aromatic rings. The summed E-state index contributed by atoms with van der Waals surface area (Å²) in [5.74, 6) is 0. The molecule has 0 aliphatic carbocycles. The van der Waals surface area contributed by atoms with E-state index in [1.165, 1.54) is 0 Å². The molecule has 0 saturated carbocycles. The van der Waals surface area contributed by atoms with Gasteiger partial charge in [0.2, 0.25) is 0 Å². The maximum atomic E-state index is 11.5. The molecule has 1 amide bonds. The van der Waals surface area contributed by atoms with Crippen molar-refractivity contribution in [3.8, 4) is 0 Å². The van der Waals surface area contributed by atoms with E-state index in [2.05, 4.69) is 16.0 Å². The molecule has 0 heterocycles. The van der Waals surface area contributed by atoms with E-state index in [9.17, 15) is 4.79 Å². The summed E-state index contributed by atoms with van der Waals surface area (Å²) in [6.45, 7) is 6.06. The molecule has 0 fully saturated rings. The minimum Gasteiger partial charge on any atom is -0.444 e. The molecule has 0 radical (unpaired) electrons. The van der Waals surface area contributed by atoms with Crippen LogP contribution in [0.2, 0.25) is 0 Å². The molecular weight excluding hydrogens is 286 g/mol. The summed E-state index contributed by atoms with van der Waals surface area (Å²) < 4.78 is 5.17. The first-order valence-corrected chi connectivity index (χ1v) is 7.25. The largest absolute Gasteiger partial charge is 0.444 e. The highest BCUT2D eigenvalue weighted by Gasteiger charge is 2.15. The van der Waals surface area contributed by atoms with Gasteiger partial charge in [-0.15, -0.1) is 0 Å². The molecule has 0 bridgehead atoms. The monoisotopic (exact) mass is 309 g/mol. The summed E-state index contributed by atoms with van der Waals surface area (Å²) in [6.07, 6.45) is 0.357. The minimum absolute atomic E-state index is 0.389. The lowest BCUT2D eigenvalue weighted by molar-refractivity contribution is 0.0528. The third-order valence-electron chi connectivity index (χ3n) is 2.52. The van der Waals surface area contributed by atoms with Gasteiger partial charge < -0.3 is 20.7 Å². The van der Waals surface area contributed by atoms with Crippen molar-refractivity contribution in [2.24, 2.45) is 0 Å². The number of thiocarbonyl (C=S) groups is 1. The number of anilines is 1. The lowest BCUT2D eigenvalue weighted by Gasteiger charge is -2.19. The average Bonchev–Trinajstić information content (AvgIpc) is 2.38. The van der Waals surface area contributed by atoms with Crippen molar-refractivity contribution in [3.63, 3.8) is 0 Å². The highest BCUT2D eigenvalue weighted by molar-refractivity contribution is 7.80. The Kier molecular flexibility index (Phi) is 6.42. The number of amides is 1. The zero-order chi connectivity index (χ0) is 15.9. The number of alkyl carbamates (subject to hydrolysis) is 1. The Hall–Kier alpha value is -1.82. The van der Waals surface area contributed by atoms with E-state index in [0.717, 1.165) is 17.7 Å². The minimum atomic E-state index is -0.469. The van der Waals surface area contributed by atoms with Crippen LogP contribution in [0.25, 0.3) is 0 Å². The molecule has 116 valence electrons. The number of benzene rings is 1. The zero-order valence-electron chi connectivity index (χ0n) is 12.9. The van der Waals surface area contributed by atoms with Gasteiger partial charge in [-0.3, -0.25) is 0 Å². The van der Waals surface area contributed by atoms with E-state index in [4.69, 9.17) is 17.0 Å². The van der Waals surface area contributed by atoms with Gasteiger partial charge in [-0.1, -0.05) is 12.1 Å². The van der Waals surface area contributed by atoms with Gasteiger partial charge in [-0.2, -0.15) is 0 Å². The lowest BCUT2D eigenvalue weighted by atomic mass is 10.1. The molecule has 1 rings (SSSR count). The fraction of sp³-hybridized carbons (Fsp3) is 0.467. The predicted octanol–water partition coefficient (Wildman–Crippen LogP) is 2.67. The molecule has 0 unspecified atom stereocenters. The van der Waals surface area contributed by atoms with Crippen LogP contribution in [0, 0.1) is 0 Å².